The fourth-order valence-electron chi connectivity index (χ4n) is 3.69. The molecule has 0 unspecified atom stereocenters. The zero-order valence-electron chi connectivity index (χ0n) is 17.2. The molecule has 0 aliphatic carbocycles. The third-order valence-corrected chi connectivity index (χ3v) is 5.51. The summed E-state index contributed by atoms with van der Waals surface area (Å²) < 4.78 is 29.8. The molecule has 31 heavy (non-hydrogen) atoms. The van der Waals surface area contributed by atoms with Crippen molar-refractivity contribution in [1.82, 2.24) is 15.1 Å². The highest BCUT2D eigenvalue weighted by molar-refractivity contribution is 7.80. The second-order valence-corrected chi connectivity index (χ2v) is 8.20. The van der Waals surface area contributed by atoms with Crippen molar-refractivity contribution in [2.45, 2.75) is 31.3 Å². The largest absolute Gasteiger partial charge is 0.387 e. The number of aliphatic hydroxyl groups excluding tert-OH is 1. The maximum absolute atomic E-state index is 14.7. The number of thiocarbonyl (C=S) groups is 1. The minimum Gasteiger partial charge on any atom is -0.387 e. The van der Waals surface area contributed by atoms with Gasteiger partial charge in [0.25, 0.3) is 5.91 Å². The predicted octanol–water partition coefficient (Wildman–Crippen LogP) is 4.23. The van der Waals surface area contributed by atoms with Crippen molar-refractivity contribution < 1.29 is 18.7 Å². The first-order valence-corrected chi connectivity index (χ1v) is 10.1. The molecular weight excluding hydrogens is 420 g/mol. The Hall–Kier alpha value is -2.97. The van der Waals surface area contributed by atoms with Crippen LogP contribution in [-0.4, -0.2) is 25.8 Å². The average molecular weight is 444 g/mol. The predicted molar refractivity (Wildman–Crippen MR) is 118 cm³/mol. The highest BCUT2D eigenvalue weighted by Crippen LogP contribution is 2.38. The second kappa shape index (κ2) is 9.45. The van der Waals surface area contributed by atoms with Crippen LogP contribution < -0.4 is 5.32 Å². The minimum absolute atomic E-state index is 0.0678. The molecule has 0 saturated carbocycles. The number of aromatic nitrogens is 2. The van der Waals surface area contributed by atoms with Crippen molar-refractivity contribution in [2.24, 2.45) is 7.05 Å². The molecule has 0 radical (unpaired) electrons. The Morgan fingerprint density at radius 3 is 2.55 bits per heavy atom. The lowest BCUT2D eigenvalue weighted by molar-refractivity contribution is 0.0976. The molecule has 8 heteroatoms. The number of carbonyl (C=O) groups excluding carboxylic acids is 1. The van der Waals surface area contributed by atoms with Crippen molar-refractivity contribution in [3.8, 4) is 0 Å². The Labute approximate surface area is 184 Å². The summed E-state index contributed by atoms with van der Waals surface area (Å²) in [6.07, 6.45) is 0.725. The van der Waals surface area contributed by atoms with E-state index in [9.17, 15) is 18.7 Å². The van der Waals surface area contributed by atoms with E-state index in [1.165, 1.54) is 16.8 Å². The van der Waals surface area contributed by atoms with Gasteiger partial charge in [-0.15, -0.1) is 0 Å². The first-order valence-electron chi connectivity index (χ1n) is 9.70. The molecule has 0 bridgehead atoms. The third-order valence-electron chi connectivity index (χ3n) is 5.27. The van der Waals surface area contributed by atoms with Crippen LogP contribution in [-0.2, 0) is 12.5 Å². The second-order valence-electron chi connectivity index (χ2n) is 7.70. The molecule has 1 aromatic heterocycles. The molecule has 2 N–H and O–H groups in total. The highest BCUT2D eigenvalue weighted by Gasteiger charge is 2.35. The van der Waals surface area contributed by atoms with Gasteiger partial charge in [-0.2, -0.15) is 5.10 Å². The number of nitrogens with zero attached hydrogens (tertiary/aromatic N) is 2. The van der Waals surface area contributed by atoms with E-state index < -0.39 is 23.2 Å². The molecule has 0 aliphatic heterocycles. The van der Waals surface area contributed by atoms with Gasteiger partial charge in [0.15, 0.2) is 0 Å². The summed E-state index contributed by atoms with van der Waals surface area (Å²) in [5.74, 6) is -1.81. The van der Waals surface area contributed by atoms with Crippen molar-refractivity contribution in [2.75, 3.05) is 0 Å². The smallest absolute Gasteiger partial charge is 0.256 e. The SMILES string of the molecule is Cn1nccc1[C@H](O)C[C@](C)(CC(=S)NC(=O)c1ccccc1)c1ccc(F)cc1F. The van der Waals surface area contributed by atoms with E-state index in [2.05, 4.69) is 10.4 Å². The fourth-order valence-corrected chi connectivity index (χ4v) is 4.10. The van der Waals surface area contributed by atoms with E-state index in [0.29, 0.717) is 11.3 Å². The fraction of sp³-hybridized carbons (Fsp3) is 0.261. The number of carbonyl (C=O) groups is 1. The van der Waals surface area contributed by atoms with Gasteiger partial charge in [-0.3, -0.25) is 9.48 Å². The van der Waals surface area contributed by atoms with E-state index in [1.54, 1.807) is 56.6 Å². The van der Waals surface area contributed by atoms with E-state index in [0.717, 1.165) is 6.07 Å². The van der Waals surface area contributed by atoms with Gasteiger partial charge >= 0.3 is 0 Å². The maximum atomic E-state index is 14.7. The monoisotopic (exact) mass is 443 g/mol. The number of nitrogens with one attached hydrogen (secondary N) is 1. The molecule has 5 nitrogen and oxygen atoms in total. The van der Waals surface area contributed by atoms with Crippen molar-refractivity contribution in [3.63, 3.8) is 0 Å². The normalized spacial score (nSPS) is 14.0. The van der Waals surface area contributed by atoms with Gasteiger partial charge in [0, 0.05) is 36.7 Å². The Morgan fingerprint density at radius 1 is 1.23 bits per heavy atom. The van der Waals surface area contributed by atoms with Gasteiger partial charge in [0.05, 0.1) is 16.8 Å². The van der Waals surface area contributed by atoms with Gasteiger partial charge in [0.1, 0.15) is 11.6 Å². The summed E-state index contributed by atoms with van der Waals surface area (Å²) in [5.41, 5.74) is 0.163. The number of hydrogen-bond donors (Lipinski definition) is 2. The number of halogens is 2. The van der Waals surface area contributed by atoms with Crippen molar-refractivity contribution in [3.05, 3.63) is 89.2 Å². The number of aryl methyl sites for hydroxylation is 1. The Bertz CT molecular complexity index is 1090. The van der Waals surface area contributed by atoms with Crippen molar-refractivity contribution in [1.29, 1.82) is 0 Å². The van der Waals surface area contributed by atoms with Gasteiger partial charge in [-0.25, -0.2) is 8.78 Å². The molecule has 0 aliphatic rings. The summed E-state index contributed by atoms with van der Waals surface area (Å²) in [4.78, 5) is 12.7. The Balaban J connectivity index is 1.87. The van der Waals surface area contributed by atoms with Gasteiger partial charge < -0.3 is 10.4 Å². The molecule has 0 spiro atoms. The average Bonchev–Trinajstić information content (AvgIpc) is 3.14. The van der Waals surface area contributed by atoms with Crippen LogP contribution in [0.15, 0.2) is 60.8 Å². The van der Waals surface area contributed by atoms with Gasteiger partial charge in [-0.05, 0) is 36.2 Å². The molecule has 1 heterocycles. The lowest BCUT2D eigenvalue weighted by atomic mass is 9.74. The summed E-state index contributed by atoms with van der Waals surface area (Å²) in [6.45, 7) is 1.73. The number of aliphatic hydroxyl groups is 1. The van der Waals surface area contributed by atoms with Crippen molar-refractivity contribution >= 4 is 23.1 Å². The molecular formula is C23H23F2N3O2S. The van der Waals surface area contributed by atoms with Crippen LogP contribution in [0.5, 0.6) is 0 Å². The Kier molecular flexibility index (Phi) is 6.92. The molecule has 162 valence electrons. The zero-order valence-corrected chi connectivity index (χ0v) is 18.0. The number of amides is 1. The summed E-state index contributed by atoms with van der Waals surface area (Å²) >= 11 is 5.40. The van der Waals surface area contributed by atoms with Crippen LogP contribution in [0.3, 0.4) is 0 Å². The maximum Gasteiger partial charge on any atom is 0.256 e. The van der Waals surface area contributed by atoms with Crippen LogP contribution in [0.25, 0.3) is 0 Å². The van der Waals surface area contributed by atoms with Crippen LogP contribution >= 0.6 is 12.2 Å². The minimum atomic E-state index is -1.03. The molecule has 0 saturated heterocycles. The first kappa shape index (κ1) is 22.7. The van der Waals surface area contributed by atoms with E-state index in [1.807, 2.05) is 0 Å². The standard InChI is InChI=1S/C23H23F2N3O2S/c1-23(17-9-8-16(24)12-18(17)25,13-20(29)19-10-11-26-28(19)2)14-21(31)27-22(30)15-6-4-3-5-7-15/h3-12,20,29H,13-14H2,1-2H3,(H,27,30,31)/t20-,23-/m1/s1. The van der Waals surface area contributed by atoms with Crippen LogP contribution in [0.4, 0.5) is 8.78 Å². The summed E-state index contributed by atoms with van der Waals surface area (Å²) in [7, 11) is 1.69. The number of hydrogen-bond acceptors (Lipinski definition) is 4. The van der Waals surface area contributed by atoms with E-state index in [4.69, 9.17) is 12.2 Å². The summed E-state index contributed by atoms with van der Waals surface area (Å²) in [5, 5.41) is 17.5. The molecule has 3 rings (SSSR count). The zero-order chi connectivity index (χ0) is 22.6. The summed E-state index contributed by atoms with van der Waals surface area (Å²) in [6, 6.07) is 13.6. The topological polar surface area (TPSA) is 67.2 Å². The molecule has 2 aromatic carbocycles. The quantitative estimate of drug-likeness (QED) is 0.537. The van der Waals surface area contributed by atoms with Crippen LogP contribution in [0.1, 0.15) is 47.5 Å². The molecule has 3 aromatic rings. The molecule has 1 amide bonds. The molecule has 0 fully saturated rings. The Morgan fingerprint density at radius 2 is 1.94 bits per heavy atom. The highest BCUT2D eigenvalue weighted by atomic mass is 32.1. The van der Waals surface area contributed by atoms with Crippen LogP contribution in [0.2, 0.25) is 0 Å². The van der Waals surface area contributed by atoms with E-state index in [-0.39, 0.29) is 29.3 Å². The number of rotatable bonds is 7. The van der Waals surface area contributed by atoms with Gasteiger partial charge in [-0.1, -0.05) is 43.4 Å². The lowest BCUT2D eigenvalue weighted by Gasteiger charge is -2.33. The third kappa shape index (κ3) is 5.39. The van der Waals surface area contributed by atoms with Gasteiger partial charge in [0.2, 0.25) is 0 Å². The lowest BCUT2D eigenvalue weighted by Crippen LogP contribution is -2.37. The van der Waals surface area contributed by atoms with E-state index >= 15 is 0 Å². The first-order chi connectivity index (χ1) is 14.7. The van der Waals surface area contributed by atoms with Crippen LogP contribution in [0, 0.1) is 11.6 Å². The number of benzene rings is 2. The molecule has 2 atom stereocenters.